The van der Waals surface area contributed by atoms with E-state index in [1.165, 1.54) is 6.07 Å². The third-order valence-corrected chi connectivity index (χ3v) is 4.06. The fourth-order valence-electron chi connectivity index (χ4n) is 2.83. The van der Waals surface area contributed by atoms with E-state index in [0.717, 1.165) is 35.1 Å². The average Bonchev–Trinajstić information content (AvgIpc) is 2.62. The molecule has 0 fully saturated rings. The van der Waals surface area contributed by atoms with Crippen molar-refractivity contribution in [2.45, 2.75) is 26.2 Å². The van der Waals surface area contributed by atoms with Crippen molar-refractivity contribution in [3.8, 4) is 11.5 Å². The molecular weight excluding hydrogens is 332 g/mol. The first-order chi connectivity index (χ1) is 12.6. The van der Waals surface area contributed by atoms with Gasteiger partial charge in [-0.2, -0.15) is 0 Å². The molecule has 2 aromatic carbocycles. The predicted octanol–water partition coefficient (Wildman–Crippen LogP) is 3.90. The number of hydrogen-bond donors (Lipinski definition) is 0. The van der Waals surface area contributed by atoms with Crippen LogP contribution in [0, 0.1) is 0 Å². The SMILES string of the molecule is CCCc1cc(=O)oc2cc(OC(=O)Cc3ccc(OC)cc3)ccc12. The number of aryl methyl sites for hydroxylation is 1. The zero-order valence-corrected chi connectivity index (χ0v) is 14.8. The highest BCUT2D eigenvalue weighted by Crippen LogP contribution is 2.24. The molecule has 0 saturated heterocycles. The third kappa shape index (κ3) is 4.11. The summed E-state index contributed by atoms with van der Waals surface area (Å²) in [5.41, 5.74) is 1.79. The van der Waals surface area contributed by atoms with E-state index >= 15 is 0 Å². The number of esters is 1. The molecule has 0 radical (unpaired) electrons. The van der Waals surface area contributed by atoms with Crippen LogP contribution in [-0.4, -0.2) is 13.1 Å². The maximum absolute atomic E-state index is 12.2. The Hall–Kier alpha value is -3.08. The maximum Gasteiger partial charge on any atom is 0.336 e. The molecular formula is C21H20O5. The van der Waals surface area contributed by atoms with E-state index in [2.05, 4.69) is 6.92 Å². The van der Waals surface area contributed by atoms with Crippen molar-refractivity contribution in [2.75, 3.05) is 7.11 Å². The zero-order chi connectivity index (χ0) is 18.5. The molecule has 3 rings (SSSR count). The molecule has 3 aromatic rings. The number of benzene rings is 2. The number of fused-ring (bicyclic) bond motifs is 1. The van der Waals surface area contributed by atoms with Gasteiger partial charge in [0.15, 0.2) is 0 Å². The third-order valence-electron chi connectivity index (χ3n) is 4.06. The van der Waals surface area contributed by atoms with Gasteiger partial charge in [-0.05, 0) is 41.8 Å². The number of carbonyl (C=O) groups excluding carboxylic acids is 1. The quantitative estimate of drug-likeness (QED) is 0.382. The Morgan fingerprint density at radius 2 is 1.77 bits per heavy atom. The smallest absolute Gasteiger partial charge is 0.336 e. The van der Waals surface area contributed by atoms with Crippen molar-refractivity contribution in [2.24, 2.45) is 0 Å². The topological polar surface area (TPSA) is 65.7 Å². The summed E-state index contributed by atoms with van der Waals surface area (Å²) < 4.78 is 15.7. The maximum atomic E-state index is 12.2. The van der Waals surface area contributed by atoms with Gasteiger partial charge in [-0.25, -0.2) is 4.79 Å². The first-order valence-corrected chi connectivity index (χ1v) is 8.49. The number of carbonyl (C=O) groups is 1. The molecule has 0 spiro atoms. The molecule has 0 bridgehead atoms. The van der Waals surface area contributed by atoms with Crippen LogP contribution in [0.25, 0.3) is 11.0 Å². The molecule has 0 N–H and O–H groups in total. The molecule has 0 amide bonds. The average molecular weight is 352 g/mol. The second-order valence-electron chi connectivity index (χ2n) is 6.00. The highest BCUT2D eigenvalue weighted by Gasteiger charge is 2.10. The first-order valence-electron chi connectivity index (χ1n) is 8.49. The van der Waals surface area contributed by atoms with Gasteiger partial charge in [0.25, 0.3) is 0 Å². The van der Waals surface area contributed by atoms with Crippen LogP contribution in [-0.2, 0) is 17.6 Å². The summed E-state index contributed by atoms with van der Waals surface area (Å²) in [6, 6.07) is 13.9. The lowest BCUT2D eigenvalue weighted by atomic mass is 10.1. The van der Waals surface area contributed by atoms with Crippen LogP contribution in [0.2, 0.25) is 0 Å². The number of methoxy groups -OCH3 is 1. The van der Waals surface area contributed by atoms with Gasteiger partial charge in [-0.3, -0.25) is 4.79 Å². The monoisotopic (exact) mass is 352 g/mol. The lowest BCUT2D eigenvalue weighted by molar-refractivity contribution is -0.133. The van der Waals surface area contributed by atoms with Crippen LogP contribution in [0.3, 0.4) is 0 Å². The van der Waals surface area contributed by atoms with Gasteiger partial charge in [-0.1, -0.05) is 25.5 Å². The van der Waals surface area contributed by atoms with Gasteiger partial charge in [0.1, 0.15) is 17.1 Å². The van der Waals surface area contributed by atoms with Crippen LogP contribution in [0.1, 0.15) is 24.5 Å². The van der Waals surface area contributed by atoms with Crippen molar-refractivity contribution >= 4 is 16.9 Å². The number of ether oxygens (including phenoxy) is 2. The van der Waals surface area contributed by atoms with Crippen LogP contribution in [0.15, 0.2) is 57.7 Å². The summed E-state index contributed by atoms with van der Waals surface area (Å²) in [7, 11) is 1.59. The normalized spacial score (nSPS) is 10.7. The van der Waals surface area contributed by atoms with Crippen LogP contribution < -0.4 is 15.1 Å². The van der Waals surface area contributed by atoms with E-state index in [4.69, 9.17) is 13.9 Å². The Balaban J connectivity index is 1.77. The van der Waals surface area contributed by atoms with Crippen molar-refractivity contribution in [3.05, 3.63) is 70.1 Å². The van der Waals surface area contributed by atoms with Gasteiger partial charge < -0.3 is 13.9 Å². The van der Waals surface area contributed by atoms with Crippen LogP contribution >= 0.6 is 0 Å². The van der Waals surface area contributed by atoms with E-state index < -0.39 is 5.63 Å². The minimum absolute atomic E-state index is 0.141. The minimum atomic E-state index is -0.400. The first kappa shape index (κ1) is 17.7. The fourth-order valence-corrected chi connectivity index (χ4v) is 2.83. The van der Waals surface area contributed by atoms with E-state index in [-0.39, 0.29) is 12.4 Å². The Morgan fingerprint density at radius 3 is 2.46 bits per heavy atom. The largest absolute Gasteiger partial charge is 0.497 e. The Morgan fingerprint density at radius 1 is 1.04 bits per heavy atom. The molecule has 5 nitrogen and oxygen atoms in total. The molecule has 5 heteroatoms. The molecule has 0 saturated carbocycles. The molecule has 0 aliphatic rings. The Kier molecular flexibility index (Phi) is 5.37. The van der Waals surface area contributed by atoms with Gasteiger partial charge in [0.2, 0.25) is 0 Å². The molecule has 26 heavy (non-hydrogen) atoms. The highest BCUT2D eigenvalue weighted by atomic mass is 16.5. The van der Waals surface area contributed by atoms with Crippen molar-refractivity contribution in [1.82, 2.24) is 0 Å². The predicted molar refractivity (Wildman–Crippen MR) is 98.8 cm³/mol. The van der Waals surface area contributed by atoms with Crippen molar-refractivity contribution < 1.29 is 18.7 Å². The highest BCUT2D eigenvalue weighted by molar-refractivity contribution is 5.83. The minimum Gasteiger partial charge on any atom is -0.497 e. The number of rotatable bonds is 6. The molecule has 0 aliphatic carbocycles. The van der Waals surface area contributed by atoms with E-state index in [0.29, 0.717) is 11.3 Å². The lowest BCUT2D eigenvalue weighted by Gasteiger charge is -2.08. The molecule has 134 valence electrons. The molecule has 0 unspecified atom stereocenters. The molecule has 1 heterocycles. The second-order valence-corrected chi connectivity index (χ2v) is 6.00. The standard InChI is InChI=1S/C21H20O5/c1-3-4-15-12-21(23)26-19-13-17(9-10-18(15)19)25-20(22)11-14-5-7-16(24-2)8-6-14/h5-10,12-13H,3-4,11H2,1-2H3. The van der Waals surface area contributed by atoms with Crippen LogP contribution in [0.4, 0.5) is 0 Å². The molecule has 0 atom stereocenters. The summed E-state index contributed by atoms with van der Waals surface area (Å²) in [4.78, 5) is 23.9. The van der Waals surface area contributed by atoms with Crippen molar-refractivity contribution in [1.29, 1.82) is 0 Å². The fraction of sp³-hybridized carbons (Fsp3) is 0.238. The van der Waals surface area contributed by atoms with Gasteiger partial charge in [0.05, 0.1) is 13.5 Å². The van der Waals surface area contributed by atoms with E-state index in [1.807, 2.05) is 18.2 Å². The summed E-state index contributed by atoms with van der Waals surface area (Å²) >= 11 is 0. The second kappa shape index (κ2) is 7.87. The Bertz CT molecular complexity index is 970. The Labute approximate surface area is 151 Å². The van der Waals surface area contributed by atoms with Crippen molar-refractivity contribution in [3.63, 3.8) is 0 Å². The summed E-state index contributed by atoms with van der Waals surface area (Å²) in [6.07, 6.45) is 1.86. The summed E-state index contributed by atoms with van der Waals surface area (Å²) in [6.45, 7) is 2.05. The van der Waals surface area contributed by atoms with E-state index in [9.17, 15) is 9.59 Å². The van der Waals surface area contributed by atoms with Gasteiger partial charge in [0, 0.05) is 17.5 Å². The molecule has 1 aromatic heterocycles. The summed E-state index contributed by atoms with van der Waals surface area (Å²) in [5, 5.41) is 0.862. The van der Waals surface area contributed by atoms with Crippen LogP contribution in [0.5, 0.6) is 11.5 Å². The number of hydrogen-bond acceptors (Lipinski definition) is 5. The zero-order valence-electron chi connectivity index (χ0n) is 14.8. The lowest BCUT2D eigenvalue weighted by Crippen LogP contribution is -2.11. The van der Waals surface area contributed by atoms with Gasteiger partial charge >= 0.3 is 11.6 Å². The molecule has 0 aliphatic heterocycles. The summed E-state index contributed by atoms with van der Waals surface area (Å²) in [5.74, 6) is 0.698. The van der Waals surface area contributed by atoms with E-state index in [1.54, 1.807) is 31.4 Å². The van der Waals surface area contributed by atoms with Gasteiger partial charge in [-0.15, -0.1) is 0 Å².